The number of fused-ring (bicyclic) bond motifs is 1. The van der Waals surface area contributed by atoms with Crippen LogP contribution in [0.5, 0.6) is 0 Å². The summed E-state index contributed by atoms with van der Waals surface area (Å²) in [5, 5.41) is 3.69. The Morgan fingerprint density at radius 2 is 1.95 bits per heavy atom. The second kappa shape index (κ2) is 5.69. The molecule has 0 aliphatic rings. The van der Waals surface area contributed by atoms with E-state index in [1.807, 2.05) is 13.8 Å². The van der Waals surface area contributed by atoms with Crippen molar-refractivity contribution in [2.75, 3.05) is 5.32 Å². The van der Waals surface area contributed by atoms with Crippen LogP contribution in [0.3, 0.4) is 0 Å². The molecule has 0 aliphatic heterocycles. The van der Waals surface area contributed by atoms with Crippen molar-refractivity contribution >= 4 is 22.6 Å². The average molecular weight is 259 g/mol. The van der Waals surface area contributed by atoms with Crippen LogP contribution in [0.1, 0.15) is 26.7 Å². The van der Waals surface area contributed by atoms with Gasteiger partial charge in [0, 0.05) is 23.1 Å². The Kier molecular flexibility index (Phi) is 4.00. The van der Waals surface area contributed by atoms with Crippen molar-refractivity contribution < 1.29 is 9.21 Å². The lowest BCUT2D eigenvalue weighted by Crippen LogP contribution is -2.21. The van der Waals surface area contributed by atoms with Gasteiger partial charge in [-0.1, -0.05) is 13.8 Å². The number of rotatable bonds is 4. The quantitative estimate of drug-likeness (QED) is 0.858. The molecular weight excluding hydrogens is 242 g/mol. The Hall–Kier alpha value is -2.10. The highest BCUT2D eigenvalue weighted by molar-refractivity contribution is 5.94. The predicted octanol–water partition coefficient (Wildman–Crippen LogP) is 3.17. The van der Waals surface area contributed by atoms with Crippen LogP contribution in [0.15, 0.2) is 39.5 Å². The molecule has 0 fully saturated rings. The zero-order valence-corrected chi connectivity index (χ0v) is 11.1. The van der Waals surface area contributed by atoms with Crippen LogP contribution < -0.4 is 10.9 Å². The average Bonchev–Trinajstić information content (AvgIpc) is 2.40. The zero-order valence-electron chi connectivity index (χ0n) is 11.1. The van der Waals surface area contributed by atoms with E-state index in [4.69, 9.17) is 4.42 Å². The van der Waals surface area contributed by atoms with E-state index in [1.54, 1.807) is 24.3 Å². The fourth-order valence-electron chi connectivity index (χ4n) is 2.05. The molecule has 1 amide bonds. The van der Waals surface area contributed by atoms with E-state index >= 15 is 0 Å². The minimum absolute atomic E-state index is 0.0294. The van der Waals surface area contributed by atoms with Crippen molar-refractivity contribution in [3.05, 3.63) is 40.8 Å². The zero-order chi connectivity index (χ0) is 13.8. The highest BCUT2D eigenvalue weighted by Crippen LogP contribution is 2.19. The number of hydrogen-bond acceptors (Lipinski definition) is 3. The van der Waals surface area contributed by atoms with Crippen molar-refractivity contribution in [1.82, 2.24) is 0 Å². The maximum absolute atomic E-state index is 12.0. The highest BCUT2D eigenvalue weighted by Gasteiger charge is 2.14. The number of nitrogens with one attached hydrogen (secondary N) is 1. The predicted molar refractivity (Wildman–Crippen MR) is 75.2 cm³/mol. The molecule has 0 spiro atoms. The molecule has 0 atom stereocenters. The third-order valence-electron chi connectivity index (χ3n) is 3.24. The molecule has 1 heterocycles. The summed E-state index contributed by atoms with van der Waals surface area (Å²) in [5.41, 5.74) is 0.868. The molecule has 2 rings (SSSR count). The van der Waals surface area contributed by atoms with Crippen LogP contribution in [0.25, 0.3) is 11.0 Å². The summed E-state index contributed by atoms with van der Waals surface area (Å²) in [6.07, 6.45) is 1.65. The van der Waals surface area contributed by atoms with Crippen molar-refractivity contribution in [2.45, 2.75) is 26.7 Å². The van der Waals surface area contributed by atoms with E-state index in [0.29, 0.717) is 5.58 Å². The molecule has 0 aliphatic carbocycles. The summed E-state index contributed by atoms with van der Waals surface area (Å²) in [6, 6.07) is 8.30. The maximum Gasteiger partial charge on any atom is 0.336 e. The first-order valence-corrected chi connectivity index (χ1v) is 6.48. The first-order chi connectivity index (χ1) is 9.13. The number of amides is 1. The number of benzene rings is 1. The molecule has 1 aromatic heterocycles. The first kappa shape index (κ1) is 13.3. The smallest absolute Gasteiger partial charge is 0.336 e. The van der Waals surface area contributed by atoms with E-state index in [9.17, 15) is 9.59 Å². The van der Waals surface area contributed by atoms with E-state index in [1.165, 1.54) is 6.07 Å². The van der Waals surface area contributed by atoms with E-state index < -0.39 is 0 Å². The topological polar surface area (TPSA) is 59.3 Å². The fourth-order valence-corrected chi connectivity index (χ4v) is 2.05. The molecule has 1 N–H and O–H groups in total. The van der Waals surface area contributed by atoms with Gasteiger partial charge in [-0.2, -0.15) is 0 Å². The van der Waals surface area contributed by atoms with Gasteiger partial charge in [0.05, 0.1) is 0 Å². The van der Waals surface area contributed by atoms with Crippen molar-refractivity contribution in [3.63, 3.8) is 0 Å². The lowest BCUT2D eigenvalue weighted by molar-refractivity contribution is -0.120. The molecule has 0 bridgehead atoms. The normalized spacial score (nSPS) is 10.9. The Balaban J connectivity index is 2.24. The number of anilines is 1. The van der Waals surface area contributed by atoms with Gasteiger partial charge in [0.2, 0.25) is 5.91 Å². The van der Waals surface area contributed by atoms with Gasteiger partial charge in [0.15, 0.2) is 0 Å². The lowest BCUT2D eigenvalue weighted by Gasteiger charge is -2.12. The fraction of sp³-hybridized carbons (Fsp3) is 0.333. The van der Waals surface area contributed by atoms with Crippen LogP contribution in [-0.4, -0.2) is 5.91 Å². The molecule has 4 heteroatoms. The van der Waals surface area contributed by atoms with E-state index in [0.717, 1.165) is 23.9 Å². The van der Waals surface area contributed by atoms with Crippen LogP contribution in [0.4, 0.5) is 5.69 Å². The summed E-state index contributed by atoms with van der Waals surface area (Å²) in [6.45, 7) is 4.01. The Labute approximate surface area is 111 Å². The third-order valence-corrected chi connectivity index (χ3v) is 3.24. The van der Waals surface area contributed by atoms with Crippen molar-refractivity contribution in [3.8, 4) is 0 Å². The van der Waals surface area contributed by atoms with E-state index in [-0.39, 0.29) is 17.5 Å². The second-order valence-corrected chi connectivity index (χ2v) is 4.51. The van der Waals surface area contributed by atoms with Crippen LogP contribution >= 0.6 is 0 Å². The third kappa shape index (κ3) is 3.02. The molecule has 0 radical (unpaired) electrons. The summed E-state index contributed by atoms with van der Waals surface area (Å²) >= 11 is 0. The standard InChI is InChI=1S/C15H17NO3/c1-3-10(4-2)15(18)16-12-6-7-13-11(9-12)5-8-14(17)19-13/h5-10H,3-4H2,1-2H3,(H,16,18). The molecule has 1 aromatic carbocycles. The van der Waals surface area contributed by atoms with Gasteiger partial charge in [-0.05, 0) is 37.1 Å². The largest absolute Gasteiger partial charge is 0.423 e. The molecule has 2 aromatic rings. The Morgan fingerprint density at radius 3 is 2.63 bits per heavy atom. The van der Waals surface area contributed by atoms with Gasteiger partial charge in [-0.25, -0.2) is 4.79 Å². The Bertz CT molecular complexity index is 641. The SMILES string of the molecule is CCC(CC)C(=O)Nc1ccc2oc(=O)ccc2c1. The highest BCUT2D eigenvalue weighted by atomic mass is 16.4. The van der Waals surface area contributed by atoms with Crippen LogP contribution in [-0.2, 0) is 4.79 Å². The van der Waals surface area contributed by atoms with Crippen molar-refractivity contribution in [2.24, 2.45) is 5.92 Å². The molecular formula is C15H17NO3. The summed E-state index contributed by atoms with van der Waals surface area (Å²) < 4.78 is 5.04. The first-order valence-electron chi connectivity index (χ1n) is 6.48. The lowest BCUT2D eigenvalue weighted by atomic mass is 10.0. The molecule has 19 heavy (non-hydrogen) atoms. The molecule has 4 nitrogen and oxygen atoms in total. The summed E-state index contributed by atoms with van der Waals surface area (Å²) in [4.78, 5) is 23.1. The number of carbonyl (C=O) groups is 1. The van der Waals surface area contributed by atoms with Gasteiger partial charge in [0.25, 0.3) is 0 Å². The van der Waals surface area contributed by atoms with Gasteiger partial charge < -0.3 is 9.73 Å². The van der Waals surface area contributed by atoms with Gasteiger partial charge >= 0.3 is 5.63 Å². The van der Waals surface area contributed by atoms with Crippen LogP contribution in [0.2, 0.25) is 0 Å². The van der Waals surface area contributed by atoms with E-state index in [2.05, 4.69) is 5.32 Å². The monoisotopic (exact) mass is 259 g/mol. The minimum atomic E-state index is -0.374. The molecule has 0 saturated heterocycles. The molecule has 100 valence electrons. The van der Waals surface area contributed by atoms with Gasteiger partial charge in [-0.3, -0.25) is 4.79 Å². The molecule has 0 unspecified atom stereocenters. The van der Waals surface area contributed by atoms with Gasteiger partial charge in [-0.15, -0.1) is 0 Å². The van der Waals surface area contributed by atoms with Gasteiger partial charge in [0.1, 0.15) is 5.58 Å². The second-order valence-electron chi connectivity index (χ2n) is 4.51. The van der Waals surface area contributed by atoms with Crippen molar-refractivity contribution in [1.29, 1.82) is 0 Å². The minimum Gasteiger partial charge on any atom is -0.423 e. The number of carbonyl (C=O) groups excluding carboxylic acids is 1. The Morgan fingerprint density at radius 1 is 1.21 bits per heavy atom. The molecule has 0 saturated carbocycles. The maximum atomic E-state index is 12.0. The number of hydrogen-bond donors (Lipinski definition) is 1. The van der Waals surface area contributed by atoms with Crippen LogP contribution in [0, 0.1) is 5.92 Å². The summed E-state index contributed by atoms with van der Waals surface area (Å²) in [7, 11) is 0. The summed E-state index contributed by atoms with van der Waals surface area (Å²) in [5.74, 6) is 0.0612.